The second-order valence-electron chi connectivity index (χ2n) is 1.54. The molecule has 0 radical (unpaired) electrons. The molecule has 2 aliphatic rings. The highest BCUT2D eigenvalue weighted by Gasteiger charge is 2.11. The van der Waals surface area contributed by atoms with Crippen molar-refractivity contribution in [2.45, 2.75) is 6.42 Å². The maximum Gasteiger partial charge on any atom is 0.111 e. The molecule has 1 aromatic rings. The van der Waals surface area contributed by atoms with Crippen molar-refractivity contribution in [1.29, 1.82) is 0 Å². The zero-order chi connectivity index (χ0) is 3.98. The Hall–Kier alpha value is -0.720. The van der Waals surface area contributed by atoms with Crippen molar-refractivity contribution in [1.82, 2.24) is 0 Å². The first-order valence-corrected chi connectivity index (χ1v) is 2.03. The molecule has 2 heterocycles. The van der Waals surface area contributed by atoms with Gasteiger partial charge in [0.1, 0.15) is 11.5 Å². The predicted molar refractivity (Wildman–Crippen MR) is 21.5 cm³/mol. The molecule has 0 amide bonds. The van der Waals surface area contributed by atoms with E-state index in [9.17, 15) is 0 Å². The molecule has 0 unspecified atom stereocenters. The van der Waals surface area contributed by atoms with Gasteiger partial charge in [0.25, 0.3) is 0 Å². The van der Waals surface area contributed by atoms with Crippen molar-refractivity contribution in [3.8, 4) is 0 Å². The molecule has 0 spiro atoms. The summed E-state index contributed by atoms with van der Waals surface area (Å²) >= 11 is 0. The van der Waals surface area contributed by atoms with Crippen LogP contribution in [0.4, 0.5) is 0 Å². The molecule has 0 aromatic carbocycles. The third-order valence-electron chi connectivity index (χ3n) is 1.07. The SMILES string of the molecule is c1cc2oc1C2. The molecular formula is C5H4O. The summed E-state index contributed by atoms with van der Waals surface area (Å²) in [6, 6.07) is 4.02. The van der Waals surface area contributed by atoms with Crippen molar-refractivity contribution in [2.75, 3.05) is 0 Å². The first kappa shape index (κ1) is 2.45. The molecule has 6 heavy (non-hydrogen) atoms. The molecule has 2 bridgehead atoms. The van der Waals surface area contributed by atoms with E-state index in [1.54, 1.807) is 0 Å². The van der Waals surface area contributed by atoms with E-state index in [-0.39, 0.29) is 0 Å². The van der Waals surface area contributed by atoms with E-state index in [1.165, 1.54) is 0 Å². The topological polar surface area (TPSA) is 13.1 Å². The average molecular weight is 80.1 g/mol. The summed E-state index contributed by atoms with van der Waals surface area (Å²) in [5.41, 5.74) is 0. The smallest absolute Gasteiger partial charge is 0.111 e. The molecule has 1 aromatic heterocycles. The van der Waals surface area contributed by atoms with Crippen LogP contribution in [0.15, 0.2) is 16.5 Å². The monoisotopic (exact) mass is 80.0 g/mol. The van der Waals surface area contributed by atoms with E-state index in [0.29, 0.717) is 0 Å². The van der Waals surface area contributed by atoms with Crippen LogP contribution in [-0.4, -0.2) is 0 Å². The molecule has 1 aliphatic carbocycles. The molecule has 3 rings (SSSR count). The van der Waals surface area contributed by atoms with E-state index >= 15 is 0 Å². The molecule has 0 saturated heterocycles. The number of fused-ring (bicyclic) bond motifs is 1. The van der Waals surface area contributed by atoms with Gasteiger partial charge in [-0.3, -0.25) is 0 Å². The first-order valence-electron chi connectivity index (χ1n) is 2.03. The third kappa shape index (κ3) is 0.113. The molecule has 1 aliphatic heterocycles. The zero-order valence-corrected chi connectivity index (χ0v) is 3.27. The van der Waals surface area contributed by atoms with Gasteiger partial charge in [-0.25, -0.2) is 0 Å². The third-order valence-corrected chi connectivity index (χ3v) is 1.07. The fourth-order valence-electron chi connectivity index (χ4n) is 0.704. The molecule has 1 nitrogen and oxygen atoms in total. The van der Waals surface area contributed by atoms with Crippen LogP contribution in [0.3, 0.4) is 0 Å². The van der Waals surface area contributed by atoms with Crippen molar-refractivity contribution in [2.24, 2.45) is 0 Å². The second kappa shape index (κ2) is 0.535. The van der Waals surface area contributed by atoms with E-state index in [0.717, 1.165) is 17.9 Å². The van der Waals surface area contributed by atoms with Crippen LogP contribution in [0.1, 0.15) is 11.5 Å². The predicted octanol–water partition coefficient (Wildman–Crippen LogP) is 1.18. The Labute approximate surface area is 35.6 Å². The van der Waals surface area contributed by atoms with Crippen LogP contribution >= 0.6 is 0 Å². The number of furan rings is 1. The number of hydrogen-bond donors (Lipinski definition) is 0. The summed E-state index contributed by atoms with van der Waals surface area (Å²) in [5, 5.41) is 0. The normalized spacial score (nSPS) is 14.0. The summed E-state index contributed by atoms with van der Waals surface area (Å²) in [5.74, 6) is 2.26. The summed E-state index contributed by atoms with van der Waals surface area (Å²) < 4.78 is 4.97. The van der Waals surface area contributed by atoms with Crippen molar-refractivity contribution < 1.29 is 4.42 Å². The summed E-state index contributed by atoms with van der Waals surface area (Å²) in [6.45, 7) is 0. The molecule has 0 atom stereocenters. The number of hydrogen-bond acceptors (Lipinski definition) is 1. The molecular weight excluding hydrogens is 76.1 g/mol. The highest BCUT2D eigenvalue weighted by Crippen LogP contribution is 2.21. The van der Waals surface area contributed by atoms with Crippen LogP contribution in [0.2, 0.25) is 0 Å². The van der Waals surface area contributed by atoms with E-state index in [2.05, 4.69) is 0 Å². The minimum atomic E-state index is 1.08. The van der Waals surface area contributed by atoms with E-state index in [1.807, 2.05) is 12.1 Å². The molecule has 0 saturated carbocycles. The van der Waals surface area contributed by atoms with Crippen LogP contribution in [0.5, 0.6) is 0 Å². The second-order valence-corrected chi connectivity index (χ2v) is 1.54. The lowest BCUT2D eigenvalue weighted by atomic mass is 10.3. The Morgan fingerprint density at radius 2 is 1.83 bits per heavy atom. The van der Waals surface area contributed by atoms with Crippen LogP contribution < -0.4 is 0 Å². The summed E-state index contributed by atoms with van der Waals surface area (Å²) in [4.78, 5) is 0. The van der Waals surface area contributed by atoms with Crippen molar-refractivity contribution in [3.63, 3.8) is 0 Å². The Kier molecular flexibility index (Phi) is 0.219. The van der Waals surface area contributed by atoms with Gasteiger partial charge in [-0.15, -0.1) is 0 Å². The van der Waals surface area contributed by atoms with Gasteiger partial charge in [0.2, 0.25) is 0 Å². The van der Waals surface area contributed by atoms with Gasteiger partial charge in [0.15, 0.2) is 0 Å². The van der Waals surface area contributed by atoms with Crippen LogP contribution in [0, 0.1) is 0 Å². The lowest BCUT2D eigenvalue weighted by Crippen LogP contribution is -1.86. The minimum Gasteiger partial charge on any atom is -0.465 e. The summed E-state index contributed by atoms with van der Waals surface area (Å²) in [7, 11) is 0. The zero-order valence-electron chi connectivity index (χ0n) is 3.27. The van der Waals surface area contributed by atoms with Crippen LogP contribution in [0.25, 0.3) is 0 Å². The standard InChI is InChI=1S/C5H4O/c1-2-5-3-4(1)6-5/h1-2H,3H2. The molecule has 30 valence electrons. The molecule has 1 heteroatoms. The Morgan fingerprint density at radius 1 is 1.33 bits per heavy atom. The fraction of sp³-hybridized carbons (Fsp3) is 0.200. The van der Waals surface area contributed by atoms with Gasteiger partial charge in [-0.2, -0.15) is 0 Å². The Balaban J connectivity index is 2.95. The highest BCUT2D eigenvalue weighted by atomic mass is 16.4. The van der Waals surface area contributed by atoms with E-state index < -0.39 is 0 Å². The van der Waals surface area contributed by atoms with E-state index in [4.69, 9.17) is 4.42 Å². The largest absolute Gasteiger partial charge is 0.465 e. The van der Waals surface area contributed by atoms with Crippen molar-refractivity contribution in [3.05, 3.63) is 23.7 Å². The van der Waals surface area contributed by atoms with Gasteiger partial charge in [-0.1, -0.05) is 0 Å². The Morgan fingerprint density at radius 3 is 2.00 bits per heavy atom. The lowest BCUT2D eigenvalue weighted by molar-refractivity contribution is 0.404. The molecule has 0 N–H and O–H groups in total. The quantitative estimate of drug-likeness (QED) is 0.463. The maximum atomic E-state index is 4.97. The van der Waals surface area contributed by atoms with Gasteiger partial charge < -0.3 is 4.42 Å². The average Bonchev–Trinajstić information content (AvgIpc) is 1.72. The Bertz CT molecular complexity index is 140. The van der Waals surface area contributed by atoms with Crippen molar-refractivity contribution >= 4 is 0 Å². The molecule has 0 fully saturated rings. The highest BCUT2D eigenvalue weighted by molar-refractivity contribution is 5.21. The lowest BCUT2D eigenvalue weighted by Gasteiger charge is -1.98. The fourth-order valence-corrected chi connectivity index (χ4v) is 0.704. The van der Waals surface area contributed by atoms with Gasteiger partial charge in [-0.05, 0) is 12.1 Å². The number of rotatable bonds is 0. The van der Waals surface area contributed by atoms with Gasteiger partial charge >= 0.3 is 0 Å². The minimum absolute atomic E-state index is 1.08. The maximum absolute atomic E-state index is 4.97. The van der Waals surface area contributed by atoms with Gasteiger partial charge in [0.05, 0.1) is 6.42 Å². The summed E-state index contributed by atoms with van der Waals surface area (Å²) in [6.07, 6.45) is 1.08. The van der Waals surface area contributed by atoms with Crippen LogP contribution in [-0.2, 0) is 6.42 Å². The van der Waals surface area contributed by atoms with Gasteiger partial charge in [0, 0.05) is 0 Å². The first-order chi connectivity index (χ1) is 2.95.